The summed E-state index contributed by atoms with van der Waals surface area (Å²) in [6.07, 6.45) is 11.0. The summed E-state index contributed by atoms with van der Waals surface area (Å²) in [4.78, 5) is 0. The third kappa shape index (κ3) is 2.28. The molecule has 8 unspecified atom stereocenters. The van der Waals surface area contributed by atoms with Crippen molar-refractivity contribution in [2.24, 2.45) is 28.6 Å². The Labute approximate surface area is 152 Å². The first-order chi connectivity index (χ1) is 11.8. The Kier molecular flexibility index (Phi) is 4.18. The molecule has 0 saturated heterocycles. The Morgan fingerprint density at radius 3 is 2.52 bits per heavy atom. The monoisotopic (exact) mass is 348 g/mol. The molecular formula is C22H36O3. The maximum Gasteiger partial charge on any atom is 0.0958 e. The van der Waals surface area contributed by atoms with Crippen LogP contribution in [0.2, 0.25) is 0 Å². The SMILES string of the molecule is COC1CCC2(C)C(=CCC3C2CCC2(C)C3CCC2(O)C(C)O)C1. The molecule has 0 radical (unpaired) electrons. The van der Waals surface area contributed by atoms with Crippen LogP contribution in [-0.4, -0.2) is 35.1 Å². The summed E-state index contributed by atoms with van der Waals surface area (Å²) in [5, 5.41) is 21.6. The maximum atomic E-state index is 11.3. The zero-order valence-corrected chi connectivity index (χ0v) is 16.4. The standard InChI is InChI=1S/C22H36O3/c1-14(23)22(24)12-9-19-17-6-5-15-13-16(25-4)7-10-20(15,2)18(17)8-11-21(19,22)3/h5,14,16-19,23-24H,6-13H2,1-4H3. The van der Waals surface area contributed by atoms with Crippen molar-refractivity contribution in [2.75, 3.05) is 7.11 Å². The van der Waals surface area contributed by atoms with E-state index in [9.17, 15) is 10.2 Å². The van der Waals surface area contributed by atoms with Crippen molar-refractivity contribution in [3.63, 3.8) is 0 Å². The van der Waals surface area contributed by atoms with E-state index in [1.165, 1.54) is 19.3 Å². The molecule has 0 spiro atoms. The Bertz CT molecular complexity index is 570. The average molecular weight is 349 g/mol. The number of allylic oxidation sites excluding steroid dienone is 1. The number of aliphatic hydroxyl groups excluding tert-OH is 1. The van der Waals surface area contributed by atoms with Crippen LogP contribution in [0.5, 0.6) is 0 Å². The molecule has 4 rings (SSSR count). The van der Waals surface area contributed by atoms with Crippen LogP contribution in [0, 0.1) is 28.6 Å². The molecule has 3 nitrogen and oxygen atoms in total. The van der Waals surface area contributed by atoms with Crippen LogP contribution in [0.3, 0.4) is 0 Å². The first-order valence-corrected chi connectivity index (χ1v) is 10.4. The number of hydrogen-bond donors (Lipinski definition) is 2. The van der Waals surface area contributed by atoms with Crippen molar-refractivity contribution in [1.82, 2.24) is 0 Å². The summed E-state index contributed by atoms with van der Waals surface area (Å²) in [7, 11) is 1.85. The van der Waals surface area contributed by atoms with Crippen molar-refractivity contribution >= 4 is 0 Å². The fraction of sp³-hybridized carbons (Fsp3) is 0.909. The molecular weight excluding hydrogens is 312 g/mol. The summed E-state index contributed by atoms with van der Waals surface area (Å²) in [5.41, 5.74) is 0.930. The van der Waals surface area contributed by atoms with Gasteiger partial charge in [0.2, 0.25) is 0 Å². The third-order valence-corrected chi connectivity index (χ3v) is 9.30. The van der Waals surface area contributed by atoms with Crippen LogP contribution < -0.4 is 0 Å². The van der Waals surface area contributed by atoms with Gasteiger partial charge in [-0.15, -0.1) is 0 Å². The summed E-state index contributed by atoms with van der Waals surface area (Å²) in [6.45, 7) is 6.54. The van der Waals surface area contributed by atoms with Gasteiger partial charge in [-0.05, 0) is 81.5 Å². The smallest absolute Gasteiger partial charge is 0.0958 e. The zero-order chi connectivity index (χ0) is 18.0. The zero-order valence-electron chi connectivity index (χ0n) is 16.4. The number of hydrogen-bond acceptors (Lipinski definition) is 3. The van der Waals surface area contributed by atoms with Gasteiger partial charge in [0.05, 0.1) is 17.8 Å². The minimum absolute atomic E-state index is 0.131. The van der Waals surface area contributed by atoms with E-state index in [1.807, 2.05) is 7.11 Å². The molecule has 4 aliphatic carbocycles. The van der Waals surface area contributed by atoms with Crippen molar-refractivity contribution < 1.29 is 14.9 Å². The quantitative estimate of drug-likeness (QED) is 0.740. The fourth-order valence-corrected chi connectivity index (χ4v) is 7.57. The number of fused-ring (bicyclic) bond motifs is 5. The van der Waals surface area contributed by atoms with Crippen LogP contribution in [0.4, 0.5) is 0 Å². The highest BCUT2D eigenvalue weighted by Crippen LogP contribution is 2.67. The average Bonchev–Trinajstić information content (AvgIpc) is 2.87. The molecule has 0 aromatic rings. The number of rotatable bonds is 2. The molecule has 2 N–H and O–H groups in total. The van der Waals surface area contributed by atoms with E-state index in [0.29, 0.717) is 23.4 Å². The van der Waals surface area contributed by atoms with Gasteiger partial charge in [0, 0.05) is 12.5 Å². The molecule has 0 aromatic heterocycles. The van der Waals surface area contributed by atoms with Crippen molar-refractivity contribution in [3.05, 3.63) is 11.6 Å². The van der Waals surface area contributed by atoms with E-state index in [-0.39, 0.29) is 5.41 Å². The second-order valence-electron chi connectivity index (χ2n) is 9.95. The molecule has 0 bridgehead atoms. The summed E-state index contributed by atoms with van der Waals surface area (Å²) < 4.78 is 5.66. The molecule has 25 heavy (non-hydrogen) atoms. The Balaban J connectivity index is 1.65. The van der Waals surface area contributed by atoms with Gasteiger partial charge in [0.25, 0.3) is 0 Å². The lowest BCUT2D eigenvalue weighted by Gasteiger charge is -2.59. The van der Waals surface area contributed by atoms with E-state index in [1.54, 1.807) is 12.5 Å². The van der Waals surface area contributed by atoms with Crippen LogP contribution in [0.15, 0.2) is 11.6 Å². The molecule has 3 fully saturated rings. The Morgan fingerprint density at radius 2 is 1.84 bits per heavy atom. The largest absolute Gasteiger partial charge is 0.390 e. The second-order valence-corrected chi connectivity index (χ2v) is 9.95. The summed E-state index contributed by atoms with van der Waals surface area (Å²) >= 11 is 0. The lowest BCUT2D eigenvalue weighted by Crippen LogP contribution is -2.58. The van der Waals surface area contributed by atoms with Crippen molar-refractivity contribution in [1.29, 1.82) is 0 Å². The molecule has 8 atom stereocenters. The Hall–Kier alpha value is -0.380. The van der Waals surface area contributed by atoms with E-state index < -0.39 is 11.7 Å². The molecule has 3 heteroatoms. The van der Waals surface area contributed by atoms with E-state index in [2.05, 4.69) is 19.9 Å². The first-order valence-electron chi connectivity index (χ1n) is 10.4. The molecule has 3 saturated carbocycles. The van der Waals surface area contributed by atoms with Crippen LogP contribution in [0.25, 0.3) is 0 Å². The van der Waals surface area contributed by atoms with E-state index >= 15 is 0 Å². The molecule has 0 heterocycles. The minimum Gasteiger partial charge on any atom is -0.390 e. The number of aliphatic hydroxyl groups is 2. The minimum atomic E-state index is -0.902. The van der Waals surface area contributed by atoms with Crippen LogP contribution in [-0.2, 0) is 4.74 Å². The van der Waals surface area contributed by atoms with E-state index in [0.717, 1.165) is 38.0 Å². The van der Waals surface area contributed by atoms with Gasteiger partial charge in [-0.3, -0.25) is 0 Å². The Morgan fingerprint density at radius 1 is 1.12 bits per heavy atom. The molecule has 142 valence electrons. The first kappa shape index (κ1) is 18.0. The highest BCUT2D eigenvalue weighted by molar-refractivity contribution is 5.26. The van der Waals surface area contributed by atoms with Gasteiger partial charge in [-0.2, -0.15) is 0 Å². The van der Waals surface area contributed by atoms with Gasteiger partial charge < -0.3 is 14.9 Å². The number of ether oxygens (including phenoxy) is 1. The van der Waals surface area contributed by atoms with Gasteiger partial charge >= 0.3 is 0 Å². The van der Waals surface area contributed by atoms with Gasteiger partial charge in [-0.1, -0.05) is 25.5 Å². The van der Waals surface area contributed by atoms with Gasteiger partial charge in [-0.25, -0.2) is 0 Å². The highest BCUT2D eigenvalue weighted by atomic mass is 16.5. The van der Waals surface area contributed by atoms with Crippen molar-refractivity contribution in [3.8, 4) is 0 Å². The third-order valence-electron chi connectivity index (χ3n) is 9.30. The van der Waals surface area contributed by atoms with Gasteiger partial charge in [0.15, 0.2) is 0 Å². The van der Waals surface area contributed by atoms with Crippen molar-refractivity contribution in [2.45, 2.75) is 89.9 Å². The molecule has 0 amide bonds. The van der Waals surface area contributed by atoms with E-state index in [4.69, 9.17) is 4.74 Å². The second kappa shape index (κ2) is 5.81. The predicted octanol–water partition coefficient (Wildman–Crippen LogP) is 4.08. The normalized spacial score (nSPS) is 53.4. The fourth-order valence-electron chi connectivity index (χ4n) is 7.57. The highest BCUT2D eigenvalue weighted by Gasteiger charge is 2.64. The predicted molar refractivity (Wildman–Crippen MR) is 99.1 cm³/mol. The topological polar surface area (TPSA) is 49.7 Å². The van der Waals surface area contributed by atoms with Gasteiger partial charge in [0.1, 0.15) is 0 Å². The summed E-state index contributed by atoms with van der Waals surface area (Å²) in [5.74, 6) is 1.94. The molecule has 4 aliphatic rings. The van der Waals surface area contributed by atoms with Crippen LogP contribution >= 0.6 is 0 Å². The molecule has 0 aromatic carbocycles. The lowest BCUT2D eigenvalue weighted by atomic mass is 9.46. The van der Waals surface area contributed by atoms with Crippen LogP contribution in [0.1, 0.15) is 72.1 Å². The number of methoxy groups -OCH3 is 1. The molecule has 0 aliphatic heterocycles. The maximum absolute atomic E-state index is 11.3. The summed E-state index contributed by atoms with van der Waals surface area (Å²) in [6, 6.07) is 0. The lowest BCUT2D eigenvalue weighted by molar-refractivity contribution is -0.170.